The zero-order valence-electron chi connectivity index (χ0n) is 22.8. The molecule has 0 amide bonds. The molecule has 3 heterocycles. The Morgan fingerprint density at radius 3 is 2.31 bits per heavy atom. The molecule has 198 valence electrons. The van der Waals surface area contributed by atoms with Gasteiger partial charge in [-0.25, -0.2) is 4.98 Å². The van der Waals surface area contributed by atoms with Crippen LogP contribution < -0.4 is 10.2 Å². The Bertz CT molecular complexity index is 707. The average molecular weight is 485 g/mol. The predicted octanol–water partition coefficient (Wildman–Crippen LogP) is 5.95. The molecule has 6 heteroatoms. The molecule has 1 aliphatic carbocycles. The summed E-state index contributed by atoms with van der Waals surface area (Å²) in [5.74, 6) is 1.95. The van der Waals surface area contributed by atoms with Crippen molar-refractivity contribution in [1.29, 1.82) is 0 Å². The van der Waals surface area contributed by atoms with Gasteiger partial charge in [0.25, 0.3) is 0 Å². The van der Waals surface area contributed by atoms with E-state index in [1.807, 2.05) is 6.20 Å². The number of anilines is 2. The van der Waals surface area contributed by atoms with Crippen molar-refractivity contribution in [2.75, 3.05) is 49.5 Å². The van der Waals surface area contributed by atoms with Crippen LogP contribution in [0, 0.1) is 0 Å². The lowest BCUT2D eigenvalue weighted by molar-refractivity contribution is 0.129. The molecule has 0 aromatic carbocycles. The topological polar surface area (TPSA) is 47.5 Å². The molecule has 1 saturated carbocycles. The first-order valence-electron chi connectivity index (χ1n) is 15.1. The highest BCUT2D eigenvalue weighted by molar-refractivity contribution is 5.43. The third-order valence-electron chi connectivity index (χ3n) is 8.57. The fourth-order valence-electron chi connectivity index (χ4n) is 6.83. The second-order valence-corrected chi connectivity index (χ2v) is 11.3. The minimum absolute atomic E-state index is 0.460. The Morgan fingerprint density at radius 2 is 1.60 bits per heavy atom. The monoisotopic (exact) mass is 484 g/mol. The molecule has 35 heavy (non-hydrogen) atoms. The summed E-state index contributed by atoms with van der Waals surface area (Å²) >= 11 is 0. The first-order valence-corrected chi connectivity index (χ1v) is 15.1. The van der Waals surface area contributed by atoms with Crippen LogP contribution in [-0.2, 0) is 0 Å². The first kappa shape index (κ1) is 26.7. The lowest BCUT2D eigenvalue weighted by Crippen LogP contribution is -2.45. The van der Waals surface area contributed by atoms with Crippen molar-refractivity contribution in [2.45, 2.75) is 122 Å². The van der Waals surface area contributed by atoms with Crippen LogP contribution in [0.5, 0.6) is 0 Å². The number of hydrogen-bond donors (Lipinski definition) is 1. The highest BCUT2D eigenvalue weighted by atomic mass is 15.3. The first-order chi connectivity index (χ1) is 17.3. The SMILES string of the molecule is CCCN(CCC)CCC[C@@H]1[C@@H](Nc2nccc(N3CCCCCC3)n2)CCN1C1CCCCC1. The van der Waals surface area contributed by atoms with Crippen molar-refractivity contribution >= 4 is 11.8 Å². The molecule has 6 nitrogen and oxygen atoms in total. The molecular weight excluding hydrogens is 432 g/mol. The smallest absolute Gasteiger partial charge is 0.224 e. The Labute approximate surface area is 215 Å². The van der Waals surface area contributed by atoms with E-state index >= 15 is 0 Å². The normalized spacial score (nSPS) is 24.7. The van der Waals surface area contributed by atoms with Crippen LogP contribution in [0.1, 0.15) is 104 Å². The van der Waals surface area contributed by atoms with Gasteiger partial charge in [-0.15, -0.1) is 0 Å². The van der Waals surface area contributed by atoms with Gasteiger partial charge in [0, 0.05) is 44.0 Å². The van der Waals surface area contributed by atoms with Crippen molar-refractivity contribution in [1.82, 2.24) is 19.8 Å². The number of aromatic nitrogens is 2. The maximum absolute atomic E-state index is 5.01. The lowest BCUT2D eigenvalue weighted by atomic mass is 9.92. The molecule has 4 rings (SSSR count). The highest BCUT2D eigenvalue weighted by Crippen LogP contribution is 2.32. The summed E-state index contributed by atoms with van der Waals surface area (Å²) < 4.78 is 0. The summed E-state index contributed by atoms with van der Waals surface area (Å²) in [7, 11) is 0. The molecule has 0 unspecified atom stereocenters. The van der Waals surface area contributed by atoms with Gasteiger partial charge < -0.3 is 15.1 Å². The van der Waals surface area contributed by atoms with Gasteiger partial charge in [-0.1, -0.05) is 46.0 Å². The molecule has 3 aliphatic rings. The van der Waals surface area contributed by atoms with Crippen molar-refractivity contribution in [3.05, 3.63) is 12.3 Å². The van der Waals surface area contributed by atoms with Gasteiger partial charge in [0.1, 0.15) is 5.82 Å². The van der Waals surface area contributed by atoms with Gasteiger partial charge in [0.05, 0.1) is 0 Å². The minimum atomic E-state index is 0.460. The van der Waals surface area contributed by atoms with E-state index in [2.05, 4.69) is 44.9 Å². The predicted molar refractivity (Wildman–Crippen MR) is 148 cm³/mol. The zero-order valence-corrected chi connectivity index (χ0v) is 22.8. The molecule has 1 N–H and O–H groups in total. The van der Waals surface area contributed by atoms with E-state index in [9.17, 15) is 0 Å². The molecule has 1 aromatic heterocycles. The van der Waals surface area contributed by atoms with E-state index < -0.39 is 0 Å². The van der Waals surface area contributed by atoms with E-state index in [-0.39, 0.29) is 0 Å². The molecule has 1 aromatic rings. The Balaban J connectivity index is 1.41. The zero-order chi connectivity index (χ0) is 24.3. The number of rotatable bonds is 12. The molecule has 0 spiro atoms. The number of nitrogens with zero attached hydrogens (tertiary/aromatic N) is 5. The van der Waals surface area contributed by atoms with Crippen LogP contribution in [0.4, 0.5) is 11.8 Å². The molecule has 2 atom stereocenters. The second kappa shape index (κ2) is 14.4. The number of likely N-dealkylation sites (tertiary alicyclic amines) is 1. The van der Waals surface area contributed by atoms with Crippen molar-refractivity contribution in [3.8, 4) is 0 Å². The third-order valence-corrected chi connectivity index (χ3v) is 8.57. The Morgan fingerprint density at radius 1 is 0.886 bits per heavy atom. The van der Waals surface area contributed by atoms with E-state index in [1.54, 1.807) is 0 Å². The van der Waals surface area contributed by atoms with Crippen molar-refractivity contribution in [2.24, 2.45) is 0 Å². The van der Waals surface area contributed by atoms with E-state index in [1.165, 1.54) is 116 Å². The summed E-state index contributed by atoms with van der Waals surface area (Å²) in [5, 5.41) is 3.84. The fourth-order valence-corrected chi connectivity index (χ4v) is 6.83. The van der Waals surface area contributed by atoms with Crippen LogP contribution in [0.15, 0.2) is 12.3 Å². The van der Waals surface area contributed by atoms with E-state index in [0.717, 1.165) is 30.9 Å². The average Bonchev–Trinajstić information content (AvgIpc) is 3.08. The van der Waals surface area contributed by atoms with Crippen molar-refractivity contribution < 1.29 is 0 Å². The van der Waals surface area contributed by atoms with Crippen LogP contribution in [0.25, 0.3) is 0 Å². The quantitative estimate of drug-likeness (QED) is 0.396. The summed E-state index contributed by atoms with van der Waals surface area (Å²) in [5.41, 5.74) is 0. The van der Waals surface area contributed by atoms with Crippen molar-refractivity contribution in [3.63, 3.8) is 0 Å². The van der Waals surface area contributed by atoms with Gasteiger partial charge in [0.2, 0.25) is 5.95 Å². The summed E-state index contributed by atoms with van der Waals surface area (Å²) in [4.78, 5) is 17.7. The standard InChI is InChI=1S/C29H52N6/c1-3-19-33(20-4-2)21-12-15-27-26(17-24-35(27)25-13-8-7-9-14-25)31-29-30-18-16-28(32-29)34-22-10-5-6-11-23-34/h16,18,25-27H,3-15,17,19-24H2,1-2H3,(H,30,31,32)/t26-,27+/m0/s1. The molecule has 2 aliphatic heterocycles. The molecule has 3 fully saturated rings. The largest absolute Gasteiger partial charge is 0.356 e. The third kappa shape index (κ3) is 7.79. The van der Waals surface area contributed by atoms with E-state index in [0.29, 0.717) is 12.1 Å². The van der Waals surface area contributed by atoms with Gasteiger partial charge >= 0.3 is 0 Å². The fraction of sp³-hybridized carbons (Fsp3) is 0.862. The lowest BCUT2D eigenvalue weighted by Gasteiger charge is -2.37. The van der Waals surface area contributed by atoms with Crippen LogP contribution in [0.3, 0.4) is 0 Å². The summed E-state index contributed by atoms with van der Waals surface area (Å²) in [6.07, 6.45) is 20.5. The summed E-state index contributed by atoms with van der Waals surface area (Å²) in [6.45, 7) is 11.8. The molecule has 0 radical (unpaired) electrons. The Kier molecular flexibility index (Phi) is 10.9. The van der Waals surface area contributed by atoms with Crippen LogP contribution >= 0.6 is 0 Å². The van der Waals surface area contributed by atoms with E-state index in [4.69, 9.17) is 4.98 Å². The number of hydrogen-bond acceptors (Lipinski definition) is 6. The maximum Gasteiger partial charge on any atom is 0.224 e. The van der Waals surface area contributed by atoms with Gasteiger partial charge in [-0.05, 0) is 83.5 Å². The number of nitrogens with one attached hydrogen (secondary N) is 1. The second-order valence-electron chi connectivity index (χ2n) is 11.3. The molecular formula is C29H52N6. The maximum atomic E-state index is 5.01. The Hall–Kier alpha value is -1.40. The molecule has 0 bridgehead atoms. The van der Waals surface area contributed by atoms with Crippen LogP contribution in [-0.4, -0.2) is 77.2 Å². The van der Waals surface area contributed by atoms with Crippen LogP contribution in [0.2, 0.25) is 0 Å². The van der Waals surface area contributed by atoms with Gasteiger partial charge in [-0.3, -0.25) is 4.90 Å². The molecule has 2 saturated heterocycles. The minimum Gasteiger partial charge on any atom is -0.356 e. The highest BCUT2D eigenvalue weighted by Gasteiger charge is 2.38. The summed E-state index contributed by atoms with van der Waals surface area (Å²) in [6, 6.07) is 3.95. The van der Waals surface area contributed by atoms with Gasteiger partial charge in [0.15, 0.2) is 0 Å². The van der Waals surface area contributed by atoms with Gasteiger partial charge in [-0.2, -0.15) is 4.98 Å².